The Morgan fingerprint density at radius 2 is 2.05 bits per heavy atom. The number of carboxylic acid groups (broad SMARTS) is 1. The third-order valence-electron chi connectivity index (χ3n) is 2.42. The Morgan fingerprint density at radius 3 is 2.70 bits per heavy atom. The first-order valence-electron chi connectivity index (χ1n) is 5.86. The van der Waals surface area contributed by atoms with E-state index in [2.05, 4.69) is 4.98 Å². The summed E-state index contributed by atoms with van der Waals surface area (Å²) in [6.07, 6.45) is 1.69. The smallest absolute Gasteiger partial charge is 0.335 e. The number of aromatic nitrogens is 1. The Balaban J connectivity index is 1.79. The van der Waals surface area contributed by atoms with Gasteiger partial charge in [-0.25, -0.2) is 9.78 Å². The van der Waals surface area contributed by atoms with Crippen molar-refractivity contribution in [2.45, 2.75) is 5.03 Å². The number of rotatable bonds is 6. The summed E-state index contributed by atoms with van der Waals surface area (Å²) >= 11 is 7.50. The van der Waals surface area contributed by atoms with Gasteiger partial charge < -0.3 is 9.84 Å². The summed E-state index contributed by atoms with van der Waals surface area (Å²) in [6.45, 7) is 0.490. The molecule has 0 fully saturated rings. The second-order valence-corrected chi connectivity index (χ2v) is 5.31. The number of carbonyl (C=O) groups is 1. The largest absolute Gasteiger partial charge is 0.493 e. The van der Waals surface area contributed by atoms with Crippen molar-refractivity contribution in [1.82, 2.24) is 4.98 Å². The first kappa shape index (κ1) is 14.7. The maximum absolute atomic E-state index is 10.7. The zero-order valence-electron chi connectivity index (χ0n) is 10.5. The highest BCUT2D eigenvalue weighted by atomic mass is 35.5. The van der Waals surface area contributed by atoms with Crippen LogP contribution in [0.15, 0.2) is 47.6 Å². The Kier molecular flexibility index (Phi) is 5.26. The molecule has 6 heteroatoms. The highest BCUT2D eigenvalue weighted by Crippen LogP contribution is 2.24. The van der Waals surface area contributed by atoms with Gasteiger partial charge in [0, 0.05) is 11.9 Å². The molecule has 0 aliphatic carbocycles. The molecule has 0 amide bonds. The average molecular weight is 310 g/mol. The molecule has 1 heterocycles. The molecule has 0 bridgehead atoms. The van der Waals surface area contributed by atoms with E-state index in [1.165, 1.54) is 23.9 Å². The third-order valence-corrected chi connectivity index (χ3v) is 3.80. The number of aromatic carboxylic acids is 1. The molecule has 0 aliphatic heterocycles. The second kappa shape index (κ2) is 7.17. The normalized spacial score (nSPS) is 10.2. The predicted molar refractivity (Wildman–Crippen MR) is 78.9 cm³/mol. The fourth-order valence-corrected chi connectivity index (χ4v) is 2.46. The van der Waals surface area contributed by atoms with E-state index in [0.29, 0.717) is 23.1 Å². The van der Waals surface area contributed by atoms with Crippen molar-refractivity contribution in [3.05, 3.63) is 53.2 Å². The Morgan fingerprint density at radius 1 is 1.30 bits per heavy atom. The van der Waals surface area contributed by atoms with Gasteiger partial charge in [-0.3, -0.25) is 0 Å². The van der Waals surface area contributed by atoms with Gasteiger partial charge in [-0.2, -0.15) is 0 Å². The van der Waals surface area contributed by atoms with Crippen LogP contribution in [-0.2, 0) is 0 Å². The number of hydrogen-bond donors (Lipinski definition) is 1. The van der Waals surface area contributed by atoms with E-state index in [0.717, 1.165) is 5.03 Å². The molecule has 20 heavy (non-hydrogen) atoms. The van der Waals surface area contributed by atoms with E-state index in [-0.39, 0.29) is 5.56 Å². The van der Waals surface area contributed by atoms with Gasteiger partial charge >= 0.3 is 5.97 Å². The summed E-state index contributed by atoms with van der Waals surface area (Å²) in [7, 11) is 0. The van der Waals surface area contributed by atoms with Crippen molar-refractivity contribution in [1.29, 1.82) is 0 Å². The van der Waals surface area contributed by atoms with Crippen molar-refractivity contribution >= 4 is 29.3 Å². The van der Waals surface area contributed by atoms with Crippen LogP contribution in [0.3, 0.4) is 0 Å². The van der Waals surface area contributed by atoms with Crippen LogP contribution in [0, 0.1) is 0 Å². The molecule has 2 rings (SSSR count). The summed E-state index contributed by atoms with van der Waals surface area (Å²) in [4.78, 5) is 14.9. The molecule has 2 aromatic rings. The zero-order chi connectivity index (χ0) is 14.4. The van der Waals surface area contributed by atoms with Crippen molar-refractivity contribution in [3.8, 4) is 5.75 Å². The number of pyridine rings is 1. The Labute approximate surface area is 125 Å². The van der Waals surface area contributed by atoms with Crippen molar-refractivity contribution in [3.63, 3.8) is 0 Å². The molecule has 0 radical (unpaired) electrons. The third kappa shape index (κ3) is 4.15. The lowest BCUT2D eigenvalue weighted by Gasteiger charge is -2.06. The number of carboxylic acids is 1. The highest BCUT2D eigenvalue weighted by molar-refractivity contribution is 7.99. The lowest BCUT2D eigenvalue weighted by molar-refractivity contribution is 0.0697. The molecule has 0 aliphatic rings. The minimum atomic E-state index is -0.947. The van der Waals surface area contributed by atoms with Gasteiger partial charge in [0.1, 0.15) is 10.8 Å². The van der Waals surface area contributed by atoms with E-state index >= 15 is 0 Å². The van der Waals surface area contributed by atoms with Gasteiger partial charge in [-0.15, -0.1) is 11.8 Å². The molecule has 0 saturated carbocycles. The van der Waals surface area contributed by atoms with Crippen molar-refractivity contribution in [2.75, 3.05) is 12.4 Å². The number of nitrogens with zero attached hydrogens (tertiary/aromatic N) is 1. The van der Waals surface area contributed by atoms with Gasteiger partial charge in [0.25, 0.3) is 0 Å². The molecular formula is C14H12ClNO3S. The van der Waals surface area contributed by atoms with Crippen LogP contribution in [0.4, 0.5) is 0 Å². The predicted octanol–water partition coefficient (Wildman–Crippen LogP) is 3.60. The van der Waals surface area contributed by atoms with Crippen LogP contribution in [0.2, 0.25) is 5.02 Å². The van der Waals surface area contributed by atoms with Gasteiger partial charge in [-0.05, 0) is 36.4 Å². The lowest BCUT2D eigenvalue weighted by atomic mass is 10.2. The Hall–Kier alpha value is -1.72. The van der Waals surface area contributed by atoms with Crippen LogP contribution < -0.4 is 4.74 Å². The quantitative estimate of drug-likeness (QED) is 0.652. The molecule has 0 spiro atoms. The first-order valence-corrected chi connectivity index (χ1v) is 7.22. The van der Waals surface area contributed by atoms with Gasteiger partial charge in [0.2, 0.25) is 0 Å². The second-order valence-electron chi connectivity index (χ2n) is 3.82. The van der Waals surface area contributed by atoms with Crippen LogP contribution in [0.5, 0.6) is 5.75 Å². The van der Waals surface area contributed by atoms with E-state index in [9.17, 15) is 4.79 Å². The van der Waals surface area contributed by atoms with Crippen molar-refractivity contribution < 1.29 is 14.6 Å². The summed E-state index contributed by atoms with van der Waals surface area (Å²) in [6, 6.07) is 9.89. The molecule has 1 aromatic heterocycles. The number of benzene rings is 1. The minimum Gasteiger partial charge on any atom is -0.493 e. The molecule has 0 atom stereocenters. The summed E-state index contributed by atoms with van der Waals surface area (Å²) in [5.41, 5.74) is 0.243. The SMILES string of the molecule is O=C(O)c1ccc(OCCSc2ncccc2Cl)cc1. The number of halogens is 1. The van der Waals surface area contributed by atoms with Crippen LogP contribution in [0.25, 0.3) is 0 Å². The average Bonchev–Trinajstić information content (AvgIpc) is 2.46. The van der Waals surface area contributed by atoms with E-state index < -0.39 is 5.97 Å². The molecule has 4 nitrogen and oxygen atoms in total. The summed E-state index contributed by atoms with van der Waals surface area (Å²) < 4.78 is 5.52. The fourth-order valence-electron chi connectivity index (χ4n) is 1.47. The Bertz CT molecular complexity index is 589. The zero-order valence-corrected chi connectivity index (χ0v) is 12.0. The summed E-state index contributed by atoms with van der Waals surface area (Å²) in [5.74, 6) is 0.400. The molecule has 104 valence electrons. The minimum absolute atomic E-state index is 0.243. The molecule has 0 saturated heterocycles. The van der Waals surface area contributed by atoms with Crippen LogP contribution in [-0.4, -0.2) is 28.4 Å². The number of hydrogen-bond acceptors (Lipinski definition) is 4. The van der Waals surface area contributed by atoms with E-state index in [1.807, 2.05) is 0 Å². The van der Waals surface area contributed by atoms with Gasteiger partial charge in [-0.1, -0.05) is 11.6 Å². The first-order chi connectivity index (χ1) is 9.66. The maximum Gasteiger partial charge on any atom is 0.335 e. The van der Waals surface area contributed by atoms with E-state index in [4.69, 9.17) is 21.4 Å². The van der Waals surface area contributed by atoms with E-state index in [1.54, 1.807) is 30.5 Å². The maximum atomic E-state index is 10.7. The highest BCUT2D eigenvalue weighted by Gasteiger charge is 2.03. The topological polar surface area (TPSA) is 59.4 Å². The van der Waals surface area contributed by atoms with Crippen LogP contribution >= 0.6 is 23.4 Å². The molecule has 1 N–H and O–H groups in total. The fraction of sp³-hybridized carbons (Fsp3) is 0.143. The molecule has 0 unspecified atom stereocenters. The summed E-state index contributed by atoms with van der Waals surface area (Å²) in [5, 5.41) is 10.2. The molecular weight excluding hydrogens is 298 g/mol. The van der Waals surface area contributed by atoms with Crippen LogP contribution in [0.1, 0.15) is 10.4 Å². The standard InChI is InChI=1S/C14H12ClNO3S/c15-12-2-1-7-16-13(12)20-9-8-19-11-5-3-10(4-6-11)14(17)18/h1-7H,8-9H2,(H,17,18). The number of ether oxygens (including phenoxy) is 1. The molecule has 1 aromatic carbocycles. The number of thioether (sulfide) groups is 1. The van der Waals surface area contributed by atoms with Crippen molar-refractivity contribution in [2.24, 2.45) is 0 Å². The lowest BCUT2D eigenvalue weighted by Crippen LogP contribution is -2.01. The van der Waals surface area contributed by atoms with Gasteiger partial charge in [0.15, 0.2) is 0 Å². The monoisotopic (exact) mass is 309 g/mol. The van der Waals surface area contributed by atoms with Gasteiger partial charge in [0.05, 0.1) is 17.2 Å².